The number of anilines is 1. The van der Waals surface area contributed by atoms with Crippen molar-refractivity contribution in [3.63, 3.8) is 0 Å². The van der Waals surface area contributed by atoms with Gasteiger partial charge in [0.2, 0.25) is 11.8 Å². The Bertz CT molecular complexity index is 836. The van der Waals surface area contributed by atoms with Crippen LogP contribution >= 0.6 is 0 Å². The van der Waals surface area contributed by atoms with Crippen molar-refractivity contribution in [1.29, 1.82) is 0 Å². The third-order valence-corrected chi connectivity index (χ3v) is 5.56. The lowest BCUT2D eigenvalue weighted by molar-refractivity contribution is -0.136. The van der Waals surface area contributed by atoms with E-state index >= 15 is 0 Å². The van der Waals surface area contributed by atoms with Crippen LogP contribution in [0.1, 0.15) is 28.8 Å². The zero-order valence-electron chi connectivity index (χ0n) is 15.1. The minimum Gasteiger partial charge on any atom is -0.369 e. The molecular weight excluding hydrogens is 344 g/mol. The van der Waals surface area contributed by atoms with E-state index in [0.717, 1.165) is 37.4 Å². The van der Waals surface area contributed by atoms with Gasteiger partial charge in [-0.2, -0.15) is 0 Å². The van der Waals surface area contributed by atoms with Crippen molar-refractivity contribution < 1.29 is 14.4 Å². The Balaban J connectivity index is 1.48. The molecule has 0 aliphatic carbocycles. The summed E-state index contributed by atoms with van der Waals surface area (Å²) in [5.41, 5.74) is 2.68. The summed E-state index contributed by atoms with van der Waals surface area (Å²) in [7, 11) is 0. The van der Waals surface area contributed by atoms with Crippen molar-refractivity contribution in [2.45, 2.75) is 25.4 Å². The molecule has 7 nitrogen and oxygen atoms in total. The molecule has 1 unspecified atom stereocenters. The number of fused-ring (bicyclic) bond motifs is 1. The molecule has 0 radical (unpaired) electrons. The average Bonchev–Trinajstić information content (AvgIpc) is 2.98. The number of terminal acetylenes is 1. The van der Waals surface area contributed by atoms with Gasteiger partial charge >= 0.3 is 0 Å². The third-order valence-electron chi connectivity index (χ3n) is 5.56. The first-order valence-corrected chi connectivity index (χ1v) is 9.25. The van der Waals surface area contributed by atoms with Gasteiger partial charge in [0, 0.05) is 50.4 Å². The smallest absolute Gasteiger partial charge is 0.255 e. The summed E-state index contributed by atoms with van der Waals surface area (Å²) in [4.78, 5) is 42.4. The predicted octanol–water partition coefficient (Wildman–Crippen LogP) is 0.203. The zero-order chi connectivity index (χ0) is 19.0. The molecule has 2 fully saturated rings. The number of piperidine rings is 1. The first kappa shape index (κ1) is 17.6. The van der Waals surface area contributed by atoms with Gasteiger partial charge in [0.05, 0.1) is 6.54 Å². The Hall–Kier alpha value is -2.85. The second-order valence-electron chi connectivity index (χ2n) is 7.21. The summed E-state index contributed by atoms with van der Waals surface area (Å²) >= 11 is 0. The van der Waals surface area contributed by atoms with E-state index in [1.165, 1.54) is 0 Å². The summed E-state index contributed by atoms with van der Waals surface area (Å²) in [5, 5.41) is 2.33. The lowest BCUT2D eigenvalue weighted by Gasteiger charge is -2.35. The number of piperazine rings is 1. The fourth-order valence-corrected chi connectivity index (χ4v) is 4.05. The lowest BCUT2D eigenvalue weighted by atomic mass is 10.0. The molecule has 0 bridgehead atoms. The van der Waals surface area contributed by atoms with Crippen molar-refractivity contribution in [2.75, 3.05) is 37.6 Å². The zero-order valence-corrected chi connectivity index (χ0v) is 15.1. The SMILES string of the molecule is C#CCN1CCN(c2ccc3c(c2)CN(C2CCC(=O)NC2=O)C3=O)CC1. The van der Waals surface area contributed by atoms with E-state index in [-0.39, 0.29) is 24.1 Å². The van der Waals surface area contributed by atoms with Gasteiger partial charge in [-0.15, -0.1) is 6.42 Å². The van der Waals surface area contributed by atoms with Gasteiger partial charge in [0.25, 0.3) is 5.91 Å². The molecular formula is C20H22N4O3. The van der Waals surface area contributed by atoms with Crippen molar-refractivity contribution in [3.8, 4) is 12.3 Å². The number of nitrogens with zero attached hydrogens (tertiary/aromatic N) is 3. The van der Waals surface area contributed by atoms with Crippen LogP contribution in [0.2, 0.25) is 0 Å². The molecule has 3 amide bonds. The molecule has 4 rings (SSSR count). The Morgan fingerprint density at radius 1 is 1.15 bits per heavy atom. The van der Waals surface area contributed by atoms with E-state index in [9.17, 15) is 14.4 Å². The first-order chi connectivity index (χ1) is 13.1. The molecule has 1 N–H and O–H groups in total. The quantitative estimate of drug-likeness (QED) is 0.611. The number of benzene rings is 1. The van der Waals surface area contributed by atoms with Gasteiger partial charge in [-0.1, -0.05) is 5.92 Å². The Labute approximate surface area is 158 Å². The molecule has 1 atom stereocenters. The summed E-state index contributed by atoms with van der Waals surface area (Å²) in [5.74, 6) is 1.90. The van der Waals surface area contributed by atoms with Crippen LogP contribution in [0, 0.1) is 12.3 Å². The predicted molar refractivity (Wildman–Crippen MR) is 100.0 cm³/mol. The lowest BCUT2D eigenvalue weighted by Crippen LogP contribution is -2.52. The van der Waals surface area contributed by atoms with Gasteiger partial charge in [0.1, 0.15) is 6.04 Å². The number of amides is 3. The number of imide groups is 1. The number of hydrogen-bond donors (Lipinski definition) is 1. The highest BCUT2D eigenvalue weighted by Crippen LogP contribution is 2.30. The highest BCUT2D eigenvalue weighted by molar-refractivity contribution is 6.05. The van der Waals surface area contributed by atoms with E-state index < -0.39 is 6.04 Å². The molecule has 0 spiro atoms. The molecule has 7 heteroatoms. The normalized spacial score (nSPS) is 23.2. The molecule has 3 heterocycles. The van der Waals surface area contributed by atoms with Gasteiger partial charge in [-0.05, 0) is 30.2 Å². The number of hydrogen-bond acceptors (Lipinski definition) is 5. The Kier molecular flexibility index (Phi) is 4.58. The highest BCUT2D eigenvalue weighted by atomic mass is 16.2. The van der Waals surface area contributed by atoms with Gasteiger partial charge in [-0.3, -0.25) is 24.6 Å². The number of nitrogens with one attached hydrogen (secondary N) is 1. The van der Waals surface area contributed by atoms with Crippen LogP contribution < -0.4 is 10.2 Å². The maximum absolute atomic E-state index is 12.7. The van der Waals surface area contributed by atoms with Crippen molar-refractivity contribution >= 4 is 23.4 Å². The molecule has 3 aliphatic rings. The number of carbonyl (C=O) groups is 3. The second-order valence-corrected chi connectivity index (χ2v) is 7.21. The Morgan fingerprint density at radius 2 is 1.93 bits per heavy atom. The number of rotatable bonds is 3. The van der Waals surface area contributed by atoms with E-state index in [4.69, 9.17) is 6.42 Å². The van der Waals surface area contributed by atoms with Crippen molar-refractivity contribution in [3.05, 3.63) is 29.3 Å². The van der Waals surface area contributed by atoms with E-state index in [1.807, 2.05) is 12.1 Å². The molecule has 140 valence electrons. The fourth-order valence-electron chi connectivity index (χ4n) is 4.05. The summed E-state index contributed by atoms with van der Waals surface area (Å²) in [6, 6.07) is 5.31. The maximum atomic E-state index is 12.7. The van der Waals surface area contributed by atoms with Crippen LogP contribution in [0.15, 0.2) is 18.2 Å². The van der Waals surface area contributed by atoms with Gasteiger partial charge < -0.3 is 9.80 Å². The molecule has 1 aromatic rings. The summed E-state index contributed by atoms with van der Waals surface area (Å²) < 4.78 is 0. The first-order valence-electron chi connectivity index (χ1n) is 9.25. The van der Waals surface area contributed by atoms with Crippen LogP contribution in [0.4, 0.5) is 5.69 Å². The Morgan fingerprint density at radius 3 is 2.63 bits per heavy atom. The third kappa shape index (κ3) is 3.28. The summed E-state index contributed by atoms with van der Waals surface area (Å²) in [6.45, 7) is 4.71. The molecule has 0 aromatic heterocycles. The van der Waals surface area contributed by atoms with Crippen LogP contribution in [-0.4, -0.2) is 66.3 Å². The van der Waals surface area contributed by atoms with Crippen molar-refractivity contribution in [1.82, 2.24) is 15.1 Å². The van der Waals surface area contributed by atoms with Gasteiger partial charge in [-0.25, -0.2) is 0 Å². The number of carbonyl (C=O) groups excluding carboxylic acids is 3. The summed E-state index contributed by atoms with van der Waals surface area (Å²) in [6.07, 6.45) is 6.03. The monoisotopic (exact) mass is 366 g/mol. The van der Waals surface area contributed by atoms with E-state index in [2.05, 4.69) is 27.1 Å². The van der Waals surface area contributed by atoms with Crippen LogP contribution in [-0.2, 0) is 16.1 Å². The average molecular weight is 366 g/mol. The molecule has 0 saturated carbocycles. The van der Waals surface area contributed by atoms with E-state index in [0.29, 0.717) is 25.1 Å². The molecule has 3 aliphatic heterocycles. The second kappa shape index (κ2) is 7.05. The van der Waals surface area contributed by atoms with Crippen LogP contribution in [0.5, 0.6) is 0 Å². The molecule has 1 aromatic carbocycles. The van der Waals surface area contributed by atoms with E-state index in [1.54, 1.807) is 4.90 Å². The minimum absolute atomic E-state index is 0.134. The van der Waals surface area contributed by atoms with Gasteiger partial charge in [0.15, 0.2) is 0 Å². The maximum Gasteiger partial charge on any atom is 0.255 e. The molecule has 2 saturated heterocycles. The highest BCUT2D eigenvalue weighted by Gasteiger charge is 2.39. The fraction of sp³-hybridized carbons (Fsp3) is 0.450. The largest absolute Gasteiger partial charge is 0.369 e. The topological polar surface area (TPSA) is 73.0 Å². The standard InChI is InChI=1S/C20H22N4O3/c1-2-7-22-8-10-23(11-9-22)15-3-4-16-14(12-15)13-24(20(16)27)17-5-6-18(25)21-19(17)26/h1,3-4,12,17H,5-11,13H2,(H,21,25,26). The minimum atomic E-state index is -0.571. The molecule has 27 heavy (non-hydrogen) atoms. The van der Waals surface area contributed by atoms with Crippen molar-refractivity contribution in [2.24, 2.45) is 0 Å². The van der Waals surface area contributed by atoms with Crippen LogP contribution in [0.3, 0.4) is 0 Å². The van der Waals surface area contributed by atoms with Crippen LogP contribution in [0.25, 0.3) is 0 Å².